The lowest BCUT2D eigenvalue weighted by Crippen LogP contribution is -2.46. The predicted octanol–water partition coefficient (Wildman–Crippen LogP) is -0.159. The van der Waals surface area contributed by atoms with Gasteiger partial charge in [0.05, 0.1) is 5.92 Å². The van der Waals surface area contributed by atoms with Crippen molar-refractivity contribution in [3.8, 4) is 12.3 Å². The Kier molecular flexibility index (Phi) is 7.02. The molecule has 0 aliphatic carbocycles. The third-order valence-electron chi connectivity index (χ3n) is 4.68. The van der Waals surface area contributed by atoms with Crippen LogP contribution in [0.25, 0.3) is 0 Å². The molecule has 0 aromatic heterocycles. The Balaban J connectivity index is 1.78. The highest BCUT2D eigenvalue weighted by atomic mass is 16.4. The fourth-order valence-corrected chi connectivity index (χ4v) is 2.94. The first-order valence-electron chi connectivity index (χ1n) is 8.64. The van der Waals surface area contributed by atoms with Crippen LogP contribution in [0.15, 0.2) is 12.2 Å². The summed E-state index contributed by atoms with van der Waals surface area (Å²) in [5.41, 5.74) is 0. The van der Waals surface area contributed by atoms with Crippen molar-refractivity contribution in [3.63, 3.8) is 0 Å². The second-order valence-electron chi connectivity index (χ2n) is 6.59. The number of carbonyl (C=O) groups excluding carboxylic acids is 2. The molecular weight excluding hydrogens is 322 g/mol. The number of allylic oxidation sites excluding steroid dienone is 1. The van der Waals surface area contributed by atoms with Gasteiger partial charge in [-0.05, 0) is 44.3 Å². The van der Waals surface area contributed by atoms with Crippen molar-refractivity contribution in [2.75, 3.05) is 32.7 Å². The van der Waals surface area contributed by atoms with Crippen molar-refractivity contribution in [1.82, 2.24) is 15.5 Å². The van der Waals surface area contributed by atoms with Crippen LogP contribution in [0.1, 0.15) is 19.3 Å². The molecule has 2 rings (SSSR count). The van der Waals surface area contributed by atoms with Gasteiger partial charge in [-0.15, -0.1) is 6.42 Å². The van der Waals surface area contributed by atoms with E-state index < -0.39 is 11.9 Å². The molecule has 7 heteroatoms. The largest absolute Gasteiger partial charge is 0.480 e. The number of amides is 2. The Morgan fingerprint density at radius 1 is 1.40 bits per heavy atom. The molecule has 0 aromatic rings. The average Bonchev–Trinajstić information content (AvgIpc) is 2.57. The summed E-state index contributed by atoms with van der Waals surface area (Å²) in [4.78, 5) is 37.0. The highest BCUT2D eigenvalue weighted by Gasteiger charge is 2.28. The SMILES string of the molecule is C#C[C@@H](CNC(=O)[C@@H]1CCCN(C(=O)/C=C/CC2CNC2)C1)C(=O)O. The van der Waals surface area contributed by atoms with Gasteiger partial charge in [0.1, 0.15) is 5.92 Å². The van der Waals surface area contributed by atoms with E-state index in [2.05, 4.69) is 16.6 Å². The molecule has 25 heavy (non-hydrogen) atoms. The number of nitrogens with zero attached hydrogens (tertiary/aromatic N) is 1. The molecule has 2 aliphatic heterocycles. The molecular formula is C18H25N3O4. The molecule has 2 atom stereocenters. The number of rotatable bonds is 7. The Labute approximate surface area is 147 Å². The lowest BCUT2D eigenvalue weighted by Gasteiger charge is -2.31. The maximum atomic E-state index is 12.2. The van der Waals surface area contributed by atoms with Crippen molar-refractivity contribution >= 4 is 17.8 Å². The van der Waals surface area contributed by atoms with Crippen LogP contribution in [0, 0.1) is 30.1 Å². The standard InChI is InChI=1S/C18H25N3O4/c1-2-14(18(24)25)11-20-17(23)15-6-4-8-21(12-15)16(22)7-3-5-13-9-19-10-13/h1,3,7,13-15,19H,4-6,8-12H2,(H,20,23)(H,24,25)/b7-3+/t14-,15+/m0/s1. The number of carboxylic acid groups (broad SMARTS) is 1. The zero-order valence-electron chi connectivity index (χ0n) is 14.2. The molecule has 0 bridgehead atoms. The fraction of sp³-hybridized carbons (Fsp3) is 0.611. The van der Waals surface area contributed by atoms with Crippen LogP contribution in [0.2, 0.25) is 0 Å². The minimum Gasteiger partial charge on any atom is -0.480 e. The van der Waals surface area contributed by atoms with E-state index in [1.807, 2.05) is 6.08 Å². The fourth-order valence-electron chi connectivity index (χ4n) is 2.94. The van der Waals surface area contributed by atoms with Gasteiger partial charge in [0, 0.05) is 19.6 Å². The highest BCUT2D eigenvalue weighted by Crippen LogP contribution is 2.17. The van der Waals surface area contributed by atoms with Gasteiger partial charge >= 0.3 is 5.97 Å². The number of aliphatic carboxylic acids is 1. The van der Waals surface area contributed by atoms with Gasteiger partial charge in [-0.25, -0.2) is 0 Å². The summed E-state index contributed by atoms with van der Waals surface area (Å²) in [7, 11) is 0. The molecule has 2 heterocycles. The van der Waals surface area contributed by atoms with Crippen LogP contribution in [0.3, 0.4) is 0 Å². The lowest BCUT2D eigenvalue weighted by molar-refractivity contribution is -0.139. The summed E-state index contributed by atoms with van der Waals surface area (Å²) < 4.78 is 0. The van der Waals surface area contributed by atoms with E-state index in [9.17, 15) is 14.4 Å². The summed E-state index contributed by atoms with van der Waals surface area (Å²) in [5.74, 6) is -0.0573. The third-order valence-corrected chi connectivity index (χ3v) is 4.68. The van der Waals surface area contributed by atoms with Crippen molar-refractivity contribution in [1.29, 1.82) is 0 Å². The maximum absolute atomic E-state index is 12.2. The summed E-state index contributed by atoms with van der Waals surface area (Å²) in [6, 6.07) is 0. The average molecular weight is 347 g/mol. The zero-order chi connectivity index (χ0) is 18.2. The van der Waals surface area contributed by atoms with E-state index in [1.54, 1.807) is 11.0 Å². The molecule has 2 fully saturated rings. The molecule has 0 spiro atoms. The van der Waals surface area contributed by atoms with Crippen LogP contribution in [0.5, 0.6) is 0 Å². The van der Waals surface area contributed by atoms with Crippen LogP contribution in [-0.4, -0.2) is 60.5 Å². The van der Waals surface area contributed by atoms with Gasteiger partial charge in [-0.1, -0.05) is 12.0 Å². The smallest absolute Gasteiger partial charge is 0.320 e. The lowest BCUT2D eigenvalue weighted by atomic mass is 9.96. The molecule has 136 valence electrons. The molecule has 7 nitrogen and oxygen atoms in total. The molecule has 0 saturated carbocycles. The van der Waals surface area contributed by atoms with Gasteiger partial charge in [0.2, 0.25) is 11.8 Å². The topological polar surface area (TPSA) is 98.7 Å². The van der Waals surface area contributed by atoms with Gasteiger partial charge in [-0.2, -0.15) is 0 Å². The first-order chi connectivity index (χ1) is 12.0. The molecule has 2 aliphatic rings. The first kappa shape index (κ1) is 19.0. The molecule has 2 amide bonds. The van der Waals surface area contributed by atoms with Crippen molar-refractivity contribution in [2.24, 2.45) is 17.8 Å². The number of terminal acetylenes is 1. The van der Waals surface area contributed by atoms with Gasteiger partial charge in [0.15, 0.2) is 0 Å². The highest BCUT2D eigenvalue weighted by molar-refractivity contribution is 5.88. The Morgan fingerprint density at radius 2 is 2.16 bits per heavy atom. The summed E-state index contributed by atoms with van der Waals surface area (Å²) in [6.07, 6.45) is 11.0. The molecule has 3 N–H and O–H groups in total. The monoisotopic (exact) mass is 347 g/mol. The van der Waals surface area contributed by atoms with E-state index in [0.717, 1.165) is 25.9 Å². The van der Waals surface area contributed by atoms with Crippen molar-refractivity contribution in [3.05, 3.63) is 12.2 Å². The van der Waals surface area contributed by atoms with Crippen molar-refractivity contribution < 1.29 is 19.5 Å². The second kappa shape index (κ2) is 9.23. The number of piperidine rings is 1. The summed E-state index contributed by atoms with van der Waals surface area (Å²) in [5, 5.41) is 14.7. The normalized spacial score (nSPS) is 22.0. The molecule has 0 radical (unpaired) electrons. The number of hydrogen-bond donors (Lipinski definition) is 3. The molecule has 0 unspecified atom stereocenters. The zero-order valence-corrected chi connectivity index (χ0v) is 14.2. The van der Waals surface area contributed by atoms with Gasteiger partial charge < -0.3 is 20.6 Å². The number of carbonyl (C=O) groups is 3. The van der Waals surface area contributed by atoms with E-state index in [1.165, 1.54) is 0 Å². The molecule has 0 aromatic carbocycles. The number of hydrogen-bond acceptors (Lipinski definition) is 4. The Morgan fingerprint density at radius 3 is 2.76 bits per heavy atom. The van der Waals surface area contributed by atoms with Crippen LogP contribution < -0.4 is 10.6 Å². The number of likely N-dealkylation sites (tertiary alicyclic amines) is 1. The first-order valence-corrected chi connectivity index (χ1v) is 8.64. The van der Waals surface area contributed by atoms with E-state index in [0.29, 0.717) is 25.4 Å². The maximum Gasteiger partial charge on any atom is 0.320 e. The Hall–Kier alpha value is -2.33. The quantitative estimate of drug-likeness (QED) is 0.439. The van der Waals surface area contributed by atoms with Crippen LogP contribution in [0.4, 0.5) is 0 Å². The third kappa shape index (κ3) is 5.61. The summed E-state index contributed by atoms with van der Waals surface area (Å²) >= 11 is 0. The number of carboxylic acids is 1. The minimum absolute atomic E-state index is 0.0724. The van der Waals surface area contributed by atoms with E-state index in [4.69, 9.17) is 11.5 Å². The number of nitrogens with one attached hydrogen (secondary N) is 2. The van der Waals surface area contributed by atoms with Gasteiger partial charge in [-0.3, -0.25) is 14.4 Å². The second-order valence-corrected chi connectivity index (χ2v) is 6.59. The predicted molar refractivity (Wildman–Crippen MR) is 92.4 cm³/mol. The minimum atomic E-state index is -1.13. The Bertz CT molecular complexity index is 577. The van der Waals surface area contributed by atoms with Crippen LogP contribution in [-0.2, 0) is 14.4 Å². The molecule has 2 saturated heterocycles. The van der Waals surface area contributed by atoms with Crippen molar-refractivity contribution in [2.45, 2.75) is 19.3 Å². The van der Waals surface area contributed by atoms with Crippen LogP contribution >= 0.6 is 0 Å². The van der Waals surface area contributed by atoms with E-state index in [-0.39, 0.29) is 24.3 Å². The van der Waals surface area contributed by atoms with E-state index >= 15 is 0 Å². The van der Waals surface area contributed by atoms with Gasteiger partial charge in [0.25, 0.3) is 0 Å². The summed E-state index contributed by atoms with van der Waals surface area (Å²) in [6.45, 7) is 2.90.